The van der Waals surface area contributed by atoms with E-state index in [1.54, 1.807) is 6.21 Å². The number of ether oxygens (including phenoxy) is 1. The maximum Gasteiger partial charge on any atom is 0.141 e. The summed E-state index contributed by atoms with van der Waals surface area (Å²) >= 11 is 3.46. The van der Waals surface area contributed by atoms with Gasteiger partial charge in [-0.15, -0.1) is 10.2 Å². The van der Waals surface area contributed by atoms with Crippen LogP contribution in [0.25, 0.3) is 0 Å². The predicted octanol–water partition coefficient (Wildman–Crippen LogP) is 3.50. The molecule has 0 saturated carbocycles. The van der Waals surface area contributed by atoms with Gasteiger partial charge in [-0.3, -0.25) is 0 Å². The summed E-state index contributed by atoms with van der Waals surface area (Å²) in [5.74, 6) is 0.767. The van der Waals surface area contributed by atoms with E-state index in [4.69, 9.17) is 4.74 Å². The Morgan fingerprint density at radius 2 is 1.86 bits per heavy atom. The second-order valence-corrected chi connectivity index (χ2v) is 5.46. The average molecular weight is 357 g/mol. The summed E-state index contributed by atoms with van der Waals surface area (Å²) in [6.07, 6.45) is 4.77. The molecular weight excluding hydrogens is 344 g/mol. The molecule has 2 aromatic carbocycles. The van der Waals surface area contributed by atoms with Crippen molar-refractivity contribution in [1.29, 1.82) is 0 Å². The number of hydrogen-bond donors (Lipinski definition) is 0. The Morgan fingerprint density at radius 3 is 2.64 bits per heavy atom. The topological polar surface area (TPSA) is 52.3 Å². The first-order chi connectivity index (χ1) is 10.8. The fourth-order valence-electron chi connectivity index (χ4n) is 1.87. The number of halogens is 1. The monoisotopic (exact) mass is 356 g/mol. The van der Waals surface area contributed by atoms with E-state index < -0.39 is 0 Å². The number of nitrogens with zero attached hydrogens (tertiary/aromatic N) is 4. The van der Waals surface area contributed by atoms with Gasteiger partial charge in [0, 0.05) is 10.0 Å². The van der Waals surface area contributed by atoms with Gasteiger partial charge in [0.25, 0.3) is 0 Å². The van der Waals surface area contributed by atoms with Crippen molar-refractivity contribution in [1.82, 2.24) is 14.9 Å². The minimum atomic E-state index is 0.510. The first-order valence-corrected chi connectivity index (χ1v) is 7.46. The van der Waals surface area contributed by atoms with E-state index in [0.29, 0.717) is 6.61 Å². The van der Waals surface area contributed by atoms with Crippen LogP contribution >= 0.6 is 15.9 Å². The summed E-state index contributed by atoms with van der Waals surface area (Å²) in [6, 6.07) is 15.8. The lowest BCUT2D eigenvalue weighted by Gasteiger charge is -2.09. The van der Waals surface area contributed by atoms with E-state index in [-0.39, 0.29) is 0 Å². The van der Waals surface area contributed by atoms with Gasteiger partial charge < -0.3 is 4.74 Å². The van der Waals surface area contributed by atoms with Crippen molar-refractivity contribution in [3.05, 3.63) is 76.8 Å². The van der Waals surface area contributed by atoms with Crippen LogP contribution in [0, 0.1) is 0 Å². The number of aromatic nitrogens is 3. The Balaban J connectivity index is 1.78. The van der Waals surface area contributed by atoms with Gasteiger partial charge in [-0.1, -0.05) is 46.3 Å². The average Bonchev–Trinajstić information content (AvgIpc) is 3.06. The van der Waals surface area contributed by atoms with Crippen molar-refractivity contribution in [2.75, 3.05) is 0 Å². The quantitative estimate of drug-likeness (QED) is 0.657. The zero-order valence-electron chi connectivity index (χ0n) is 11.6. The minimum absolute atomic E-state index is 0.510. The molecule has 0 aliphatic carbocycles. The SMILES string of the molecule is Brc1ccc(OCc2ccccc2)c(/C=N\n2cnnc2)c1. The number of rotatable bonds is 5. The summed E-state index contributed by atoms with van der Waals surface area (Å²) in [5.41, 5.74) is 1.99. The molecule has 0 bridgehead atoms. The Labute approximate surface area is 136 Å². The van der Waals surface area contributed by atoms with E-state index >= 15 is 0 Å². The highest BCUT2D eigenvalue weighted by atomic mass is 79.9. The Morgan fingerprint density at radius 1 is 1.09 bits per heavy atom. The molecule has 22 heavy (non-hydrogen) atoms. The van der Waals surface area contributed by atoms with Gasteiger partial charge in [0.15, 0.2) is 0 Å². The normalized spacial score (nSPS) is 11.0. The summed E-state index contributed by atoms with van der Waals surface area (Å²) in [5, 5.41) is 11.7. The second kappa shape index (κ2) is 7.00. The first-order valence-electron chi connectivity index (χ1n) is 6.66. The maximum absolute atomic E-state index is 5.90. The van der Waals surface area contributed by atoms with Gasteiger partial charge in [-0.2, -0.15) is 5.10 Å². The van der Waals surface area contributed by atoms with Gasteiger partial charge in [0.2, 0.25) is 0 Å². The Bertz CT molecular complexity index is 757. The van der Waals surface area contributed by atoms with Crippen molar-refractivity contribution in [3.8, 4) is 5.75 Å². The van der Waals surface area contributed by atoms with E-state index in [9.17, 15) is 0 Å². The highest BCUT2D eigenvalue weighted by molar-refractivity contribution is 9.10. The molecule has 0 atom stereocenters. The molecule has 0 fully saturated rings. The molecule has 0 amide bonds. The molecule has 5 nitrogen and oxygen atoms in total. The van der Waals surface area contributed by atoms with Crippen LogP contribution in [0.1, 0.15) is 11.1 Å². The Kier molecular flexibility index (Phi) is 4.60. The fourth-order valence-corrected chi connectivity index (χ4v) is 2.25. The third-order valence-electron chi connectivity index (χ3n) is 2.95. The molecule has 0 saturated heterocycles. The van der Waals surface area contributed by atoms with Crippen molar-refractivity contribution in [3.63, 3.8) is 0 Å². The molecule has 1 aromatic heterocycles. The summed E-state index contributed by atoms with van der Waals surface area (Å²) in [7, 11) is 0. The lowest BCUT2D eigenvalue weighted by Crippen LogP contribution is -1.99. The van der Waals surface area contributed by atoms with Gasteiger partial charge in [0.05, 0.1) is 6.21 Å². The zero-order chi connectivity index (χ0) is 15.2. The third kappa shape index (κ3) is 3.79. The number of benzene rings is 2. The van der Waals surface area contributed by atoms with Crippen molar-refractivity contribution >= 4 is 22.1 Å². The molecule has 0 aliphatic rings. The van der Waals surface area contributed by atoms with E-state index in [1.165, 1.54) is 17.3 Å². The predicted molar refractivity (Wildman–Crippen MR) is 87.9 cm³/mol. The van der Waals surface area contributed by atoms with Crippen LogP contribution in [0.3, 0.4) is 0 Å². The van der Waals surface area contributed by atoms with Gasteiger partial charge in [0.1, 0.15) is 25.0 Å². The molecule has 3 aromatic rings. The minimum Gasteiger partial charge on any atom is -0.488 e. The van der Waals surface area contributed by atoms with Crippen LogP contribution in [-0.4, -0.2) is 21.1 Å². The molecule has 110 valence electrons. The molecule has 0 radical (unpaired) electrons. The summed E-state index contributed by atoms with van der Waals surface area (Å²) in [4.78, 5) is 0. The van der Waals surface area contributed by atoms with E-state index in [1.807, 2.05) is 48.5 Å². The molecule has 0 aliphatic heterocycles. The molecular formula is C16H13BrN4O. The lowest BCUT2D eigenvalue weighted by atomic mass is 10.2. The van der Waals surface area contributed by atoms with Crippen LogP contribution < -0.4 is 4.74 Å². The van der Waals surface area contributed by atoms with Crippen LogP contribution in [0.5, 0.6) is 5.75 Å². The molecule has 0 N–H and O–H groups in total. The second-order valence-electron chi connectivity index (χ2n) is 4.54. The van der Waals surface area contributed by atoms with Crippen LogP contribution in [0.4, 0.5) is 0 Å². The van der Waals surface area contributed by atoms with E-state index in [0.717, 1.165) is 21.3 Å². The largest absolute Gasteiger partial charge is 0.488 e. The van der Waals surface area contributed by atoms with Gasteiger partial charge in [-0.05, 0) is 23.8 Å². The first kappa shape index (κ1) is 14.5. The molecule has 0 unspecified atom stereocenters. The zero-order valence-corrected chi connectivity index (χ0v) is 13.2. The van der Waals surface area contributed by atoms with E-state index in [2.05, 4.69) is 31.2 Å². The van der Waals surface area contributed by atoms with Crippen LogP contribution in [0.2, 0.25) is 0 Å². The van der Waals surface area contributed by atoms with Crippen LogP contribution in [-0.2, 0) is 6.61 Å². The molecule has 0 spiro atoms. The maximum atomic E-state index is 5.90. The van der Waals surface area contributed by atoms with Gasteiger partial charge in [-0.25, -0.2) is 4.68 Å². The standard InChI is InChI=1S/C16H13BrN4O/c17-15-6-7-16(22-10-13-4-2-1-3-5-13)14(8-15)9-20-21-11-18-19-12-21/h1-9,11-12H,10H2/b20-9-. The van der Waals surface area contributed by atoms with Crippen molar-refractivity contribution < 1.29 is 4.74 Å². The third-order valence-corrected chi connectivity index (χ3v) is 3.44. The summed E-state index contributed by atoms with van der Waals surface area (Å²) in [6.45, 7) is 0.510. The highest BCUT2D eigenvalue weighted by Gasteiger charge is 2.03. The fraction of sp³-hybridized carbons (Fsp3) is 0.0625. The molecule has 1 heterocycles. The highest BCUT2D eigenvalue weighted by Crippen LogP contribution is 2.23. The van der Waals surface area contributed by atoms with Crippen LogP contribution in [0.15, 0.2) is 70.8 Å². The van der Waals surface area contributed by atoms with Crippen molar-refractivity contribution in [2.45, 2.75) is 6.61 Å². The Hall–Kier alpha value is -2.47. The molecule has 3 rings (SSSR count). The van der Waals surface area contributed by atoms with Crippen molar-refractivity contribution in [2.24, 2.45) is 5.10 Å². The summed E-state index contributed by atoms with van der Waals surface area (Å²) < 4.78 is 8.39. The van der Waals surface area contributed by atoms with Gasteiger partial charge >= 0.3 is 0 Å². The lowest BCUT2D eigenvalue weighted by molar-refractivity contribution is 0.305. The number of hydrogen-bond acceptors (Lipinski definition) is 4. The molecule has 6 heteroatoms. The smallest absolute Gasteiger partial charge is 0.141 e.